The molecular formula is C21H23ClN2O3. The van der Waals surface area contributed by atoms with Crippen LogP contribution in [0.5, 0.6) is 5.75 Å². The molecule has 1 heterocycles. The number of nitrogens with zero attached hydrogens (tertiary/aromatic N) is 1. The first-order valence-corrected chi connectivity index (χ1v) is 9.35. The number of fused-ring (bicyclic) bond motifs is 1. The summed E-state index contributed by atoms with van der Waals surface area (Å²) in [5, 5.41) is 3.55. The van der Waals surface area contributed by atoms with Crippen LogP contribution in [0.1, 0.15) is 31.9 Å². The maximum absolute atomic E-state index is 12.7. The Kier molecular flexibility index (Phi) is 5.71. The molecule has 2 aromatic carbocycles. The second-order valence-electron chi connectivity index (χ2n) is 7.05. The van der Waals surface area contributed by atoms with Crippen LogP contribution in [0, 0.1) is 5.92 Å². The highest BCUT2D eigenvalue weighted by Crippen LogP contribution is 2.29. The molecule has 3 rings (SSSR count). The van der Waals surface area contributed by atoms with Gasteiger partial charge in [0.1, 0.15) is 5.75 Å². The van der Waals surface area contributed by atoms with Gasteiger partial charge in [0.05, 0.1) is 0 Å². The first-order chi connectivity index (χ1) is 12.8. The average Bonchev–Trinajstić information content (AvgIpc) is 2.74. The molecule has 0 bridgehead atoms. The summed E-state index contributed by atoms with van der Waals surface area (Å²) >= 11 is 5.95. The number of ether oxygens (including phenoxy) is 1. The molecular weight excluding hydrogens is 364 g/mol. The van der Waals surface area contributed by atoms with E-state index in [0.717, 1.165) is 11.1 Å². The molecule has 0 saturated carbocycles. The number of carbonyl (C=O) groups excluding carboxylic acids is 2. The lowest BCUT2D eigenvalue weighted by Crippen LogP contribution is -2.37. The average molecular weight is 387 g/mol. The Balaban J connectivity index is 1.85. The minimum Gasteiger partial charge on any atom is -0.481 e. The molecule has 142 valence electrons. The molecule has 1 N–H and O–H groups in total. The second-order valence-corrected chi connectivity index (χ2v) is 7.48. The monoisotopic (exact) mass is 386 g/mol. The number of halogens is 1. The lowest BCUT2D eigenvalue weighted by molar-refractivity contribution is -0.138. The fourth-order valence-electron chi connectivity index (χ4n) is 2.91. The minimum atomic E-state index is -0.574. The normalized spacial score (nSPS) is 16.6. The molecule has 0 aliphatic carbocycles. The van der Waals surface area contributed by atoms with Gasteiger partial charge < -0.3 is 15.0 Å². The largest absolute Gasteiger partial charge is 0.481 e. The summed E-state index contributed by atoms with van der Waals surface area (Å²) in [6, 6.07) is 12.9. The first kappa shape index (κ1) is 19.2. The summed E-state index contributed by atoms with van der Waals surface area (Å²) < 4.78 is 5.84. The lowest BCUT2D eigenvalue weighted by atomic mass is 10.1. The Labute approximate surface area is 164 Å². The highest BCUT2D eigenvalue weighted by molar-refractivity contribution is 6.30. The zero-order chi connectivity index (χ0) is 19.6. The van der Waals surface area contributed by atoms with Crippen LogP contribution in [0.15, 0.2) is 42.5 Å². The Bertz CT molecular complexity index is 849. The molecule has 0 spiro atoms. The van der Waals surface area contributed by atoms with Gasteiger partial charge in [-0.2, -0.15) is 0 Å². The minimum absolute atomic E-state index is 0.0491. The van der Waals surface area contributed by atoms with Crippen molar-refractivity contribution in [3.8, 4) is 5.75 Å². The number of hydrogen-bond acceptors (Lipinski definition) is 3. The Hall–Kier alpha value is -2.53. The SMILES string of the molecule is CC(C)C(=O)Nc1ccc2c(c1)CN(Cc1ccc(Cl)cc1)C(=O)C(C)O2. The van der Waals surface area contributed by atoms with Gasteiger partial charge in [-0.1, -0.05) is 37.6 Å². The van der Waals surface area contributed by atoms with Crippen molar-refractivity contribution >= 4 is 29.1 Å². The van der Waals surface area contributed by atoms with E-state index in [-0.39, 0.29) is 17.7 Å². The standard InChI is InChI=1S/C21H23ClN2O3/c1-13(2)20(25)23-18-8-9-19-16(10-18)12-24(21(26)14(3)27-19)11-15-4-6-17(22)7-5-15/h4-10,13-14H,11-12H2,1-3H3,(H,23,25). The molecule has 0 aromatic heterocycles. The number of nitrogens with one attached hydrogen (secondary N) is 1. The van der Waals surface area contributed by atoms with Crippen molar-refractivity contribution in [1.29, 1.82) is 0 Å². The van der Waals surface area contributed by atoms with Gasteiger partial charge in [-0.15, -0.1) is 0 Å². The third-order valence-corrected chi connectivity index (χ3v) is 4.72. The molecule has 2 amide bonds. The van der Waals surface area contributed by atoms with Crippen molar-refractivity contribution in [2.45, 2.75) is 40.0 Å². The fraction of sp³-hybridized carbons (Fsp3) is 0.333. The molecule has 2 aromatic rings. The third-order valence-electron chi connectivity index (χ3n) is 4.46. The van der Waals surface area contributed by atoms with Crippen LogP contribution in [0.3, 0.4) is 0 Å². The van der Waals surface area contributed by atoms with Gasteiger partial charge in [0.15, 0.2) is 6.10 Å². The van der Waals surface area contributed by atoms with E-state index < -0.39 is 6.10 Å². The van der Waals surface area contributed by atoms with E-state index in [0.29, 0.717) is 29.5 Å². The maximum atomic E-state index is 12.7. The summed E-state index contributed by atoms with van der Waals surface area (Å²) in [7, 11) is 0. The maximum Gasteiger partial charge on any atom is 0.263 e. The van der Waals surface area contributed by atoms with Gasteiger partial charge in [0, 0.05) is 35.3 Å². The van der Waals surface area contributed by atoms with Crippen LogP contribution in [0.2, 0.25) is 5.02 Å². The second kappa shape index (κ2) is 8.01. The van der Waals surface area contributed by atoms with Gasteiger partial charge in [-0.25, -0.2) is 0 Å². The first-order valence-electron chi connectivity index (χ1n) is 8.97. The molecule has 0 saturated heterocycles. The molecule has 1 aliphatic rings. The highest BCUT2D eigenvalue weighted by atomic mass is 35.5. The molecule has 1 unspecified atom stereocenters. The Morgan fingerprint density at radius 2 is 1.96 bits per heavy atom. The van der Waals surface area contributed by atoms with E-state index in [4.69, 9.17) is 16.3 Å². The predicted octanol–water partition coefficient (Wildman–Crippen LogP) is 4.24. The number of hydrogen-bond donors (Lipinski definition) is 1. The van der Waals surface area contributed by atoms with E-state index in [1.165, 1.54) is 0 Å². The van der Waals surface area contributed by atoms with Gasteiger partial charge in [-0.3, -0.25) is 9.59 Å². The number of benzene rings is 2. The molecule has 5 nitrogen and oxygen atoms in total. The highest BCUT2D eigenvalue weighted by Gasteiger charge is 2.28. The molecule has 1 aliphatic heterocycles. The van der Waals surface area contributed by atoms with Gasteiger partial charge in [0.2, 0.25) is 5.91 Å². The Morgan fingerprint density at radius 3 is 2.63 bits per heavy atom. The summed E-state index contributed by atoms with van der Waals surface area (Å²) in [4.78, 5) is 26.5. The molecule has 6 heteroatoms. The van der Waals surface area contributed by atoms with E-state index in [9.17, 15) is 9.59 Å². The summed E-state index contributed by atoms with van der Waals surface area (Å²) in [5.41, 5.74) is 2.56. The molecule has 0 fully saturated rings. The van der Waals surface area contributed by atoms with Gasteiger partial charge in [-0.05, 0) is 42.8 Å². The van der Waals surface area contributed by atoms with Crippen LogP contribution in [-0.4, -0.2) is 22.8 Å². The van der Waals surface area contributed by atoms with E-state index in [1.54, 1.807) is 24.0 Å². The number of amides is 2. The van der Waals surface area contributed by atoms with Crippen molar-refractivity contribution in [3.05, 3.63) is 58.6 Å². The van der Waals surface area contributed by atoms with Crippen molar-refractivity contribution in [3.63, 3.8) is 0 Å². The number of rotatable bonds is 4. The van der Waals surface area contributed by atoms with Crippen LogP contribution >= 0.6 is 11.6 Å². The van der Waals surface area contributed by atoms with Crippen LogP contribution < -0.4 is 10.1 Å². The Morgan fingerprint density at radius 1 is 1.26 bits per heavy atom. The topological polar surface area (TPSA) is 58.6 Å². The summed E-state index contributed by atoms with van der Waals surface area (Å²) in [5.74, 6) is 0.431. The van der Waals surface area contributed by atoms with Crippen LogP contribution in [0.25, 0.3) is 0 Å². The third kappa shape index (κ3) is 4.61. The predicted molar refractivity (Wildman–Crippen MR) is 106 cm³/mol. The molecule has 27 heavy (non-hydrogen) atoms. The quantitative estimate of drug-likeness (QED) is 0.854. The fourth-order valence-corrected chi connectivity index (χ4v) is 3.03. The lowest BCUT2D eigenvalue weighted by Gasteiger charge is -2.22. The number of anilines is 1. The van der Waals surface area contributed by atoms with Crippen molar-refractivity contribution < 1.29 is 14.3 Å². The van der Waals surface area contributed by atoms with Crippen LogP contribution in [0.4, 0.5) is 5.69 Å². The van der Waals surface area contributed by atoms with Crippen molar-refractivity contribution in [1.82, 2.24) is 4.90 Å². The van der Waals surface area contributed by atoms with E-state index in [1.807, 2.05) is 44.2 Å². The zero-order valence-electron chi connectivity index (χ0n) is 15.7. The van der Waals surface area contributed by atoms with E-state index in [2.05, 4.69) is 5.32 Å². The zero-order valence-corrected chi connectivity index (χ0v) is 16.4. The summed E-state index contributed by atoms with van der Waals surface area (Å²) in [6.45, 7) is 6.31. The van der Waals surface area contributed by atoms with Crippen LogP contribution in [-0.2, 0) is 22.7 Å². The molecule has 1 atom stereocenters. The van der Waals surface area contributed by atoms with Crippen molar-refractivity contribution in [2.24, 2.45) is 5.92 Å². The van der Waals surface area contributed by atoms with E-state index >= 15 is 0 Å². The van der Waals surface area contributed by atoms with Gasteiger partial charge >= 0.3 is 0 Å². The van der Waals surface area contributed by atoms with Crippen molar-refractivity contribution in [2.75, 3.05) is 5.32 Å². The molecule has 0 radical (unpaired) electrons. The van der Waals surface area contributed by atoms with Gasteiger partial charge in [0.25, 0.3) is 5.91 Å². The summed E-state index contributed by atoms with van der Waals surface area (Å²) in [6.07, 6.45) is -0.574. The smallest absolute Gasteiger partial charge is 0.263 e. The number of carbonyl (C=O) groups is 2.